The lowest BCUT2D eigenvalue weighted by molar-refractivity contribution is -0.386. The van der Waals surface area contributed by atoms with Crippen LogP contribution in [0.3, 0.4) is 0 Å². The van der Waals surface area contributed by atoms with Crippen LogP contribution >= 0.6 is 23.2 Å². The quantitative estimate of drug-likeness (QED) is 0.482. The summed E-state index contributed by atoms with van der Waals surface area (Å²) in [5, 5.41) is 23.1. The van der Waals surface area contributed by atoms with Gasteiger partial charge in [-0.15, -0.1) is 0 Å². The molecule has 0 fully saturated rings. The summed E-state index contributed by atoms with van der Waals surface area (Å²) in [4.78, 5) is 23.0. The third-order valence-corrected chi connectivity index (χ3v) is 4.88. The maximum absolute atomic E-state index is 12.4. The number of hydrogen-bond donors (Lipinski definition) is 1. The van der Waals surface area contributed by atoms with Gasteiger partial charge in [-0.05, 0) is 26.0 Å². The Hall–Kier alpha value is -2.91. The van der Waals surface area contributed by atoms with Gasteiger partial charge >= 0.3 is 5.69 Å². The average Bonchev–Trinajstić information content (AvgIpc) is 3.15. The number of rotatable bonds is 6. The number of carbonyl (C=O) groups excluding carboxylic acids is 1. The Bertz CT molecular complexity index is 1040. The standard InChI is InChI=1S/C17H16Cl2N6O3/c1-10-17(25(27)28)11(2)23(22-10)9-16(26)21-15-6-7-20-24(15)8-12-13(18)4-3-5-14(12)19/h3-7H,8-9H2,1-2H3,(H,21,26). The maximum Gasteiger partial charge on any atom is 0.312 e. The van der Waals surface area contributed by atoms with Crippen LogP contribution in [-0.4, -0.2) is 30.4 Å². The molecule has 0 saturated heterocycles. The van der Waals surface area contributed by atoms with Crippen molar-refractivity contribution in [1.29, 1.82) is 0 Å². The van der Waals surface area contributed by atoms with Crippen LogP contribution in [0.25, 0.3) is 0 Å². The van der Waals surface area contributed by atoms with Gasteiger partial charge in [0.1, 0.15) is 23.8 Å². The Morgan fingerprint density at radius 1 is 1.21 bits per heavy atom. The molecule has 11 heteroatoms. The van der Waals surface area contributed by atoms with Crippen molar-refractivity contribution in [1.82, 2.24) is 19.6 Å². The largest absolute Gasteiger partial charge is 0.312 e. The van der Waals surface area contributed by atoms with Crippen LogP contribution in [-0.2, 0) is 17.9 Å². The number of halogens is 2. The minimum atomic E-state index is -0.505. The van der Waals surface area contributed by atoms with Crippen LogP contribution in [0.2, 0.25) is 10.0 Å². The number of nitrogens with zero attached hydrogens (tertiary/aromatic N) is 5. The van der Waals surface area contributed by atoms with Crippen molar-refractivity contribution in [2.24, 2.45) is 0 Å². The molecule has 0 aliphatic heterocycles. The first kappa shape index (κ1) is 19.8. The second kappa shape index (κ2) is 7.99. The smallest absolute Gasteiger partial charge is 0.309 e. The summed E-state index contributed by atoms with van der Waals surface area (Å²) in [5.41, 5.74) is 1.16. The highest BCUT2D eigenvalue weighted by Gasteiger charge is 2.23. The van der Waals surface area contributed by atoms with Crippen molar-refractivity contribution >= 4 is 40.6 Å². The van der Waals surface area contributed by atoms with E-state index in [0.717, 1.165) is 0 Å². The molecule has 146 valence electrons. The van der Waals surface area contributed by atoms with Gasteiger partial charge in [-0.2, -0.15) is 10.2 Å². The fourth-order valence-corrected chi connectivity index (χ4v) is 3.34. The van der Waals surface area contributed by atoms with E-state index < -0.39 is 10.8 Å². The average molecular weight is 423 g/mol. The van der Waals surface area contributed by atoms with Gasteiger partial charge < -0.3 is 5.32 Å². The van der Waals surface area contributed by atoms with E-state index in [1.54, 1.807) is 35.9 Å². The van der Waals surface area contributed by atoms with E-state index in [-0.39, 0.29) is 24.5 Å². The van der Waals surface area contributed by atoms with E-state index in [0.29, 0.717) is 27.1 Å². The molecular weight excluding hydrogens is 407 g/mol. The Kier molecular flexibility index (Phi) is 5.66. The molecule has 9 nitrogen and oxygen atoms in total. The van der Waals surface area contributed by atoms with E-state index >= 15 is 0 Å². The molecule has 0 spiro atoms. The zero-order chi connectivity index (χ0) is 20.4. The van der Waals surface area contributed by atoms with Crippen LogP contribution in [0.1, 0.15) is 17.0 Å². The molecule has 2 heterocycles. The Morgan fingerprint density at radius 2 is 1.89 bits per heavy atom. The summed E-state index contributed by atoms with van der Waals surface area (Å²) in [6.07, 6.45) is 1.54. The molecule has 3 aromatic rings. The van der Waals surface area contributed by atoms with Gasteiger partial charge in [0.2, 0.25) is 5.91 Å². The number of nitro groups is 1. The van der Waals surface area contributed by atoms with Gasteiger partial charge in [-0.25, -0.2) is 4.68 Å². The number of aromatic nitrogens is 4. The van der Waals surface area contributed by atoms with Crippen LogP contribution < -0.4 is 5.32 Å². The summed E-state index contributed by atoms with van der Waals surface area (Å²) in [6.45, 7) is 3.18. The van der Waals surface area contributed by atoms with Crippen molar-refractivity contribution < 1.29 is 9.72 Å². The van der Waals surface area contributed by atoms with E-state index in [2.05, 4.69) is 15.5 Å². The first-order valence-electron chi connectivity index (χ1n) is 8.21. The van der Waals surface area contributed by atoms with Crippen LogP contribution in [0.5, 0.6) is 0 Å². The topological polar surface area (TPSA) is 108 Å². The Morgan fingerprint density at radius 3 is 2.50 bits per heavy atom. The SMILES string of the molecule is Cc1nn(CC(=O)Nc2ccnn2Cc2c(Cl)cccc2Cl)c(C)c1[N+](=O)[O-]. The number of aryl methyl sites for hydroxylation is 1. The van der Waals surface area contributed by atoms with E-state index in [9.17, 15) is 14.9 Å². The molecule has 0 bridgehead atoms. The molecule has 28 heavy (non-hydrogen) atoms. The number of carbonyl (C=O) groups is 1. The monoisotopic (exact) mass is 422 g/mol. The number of amides is 1. The molecule has 2 aromatic heterocycles. The van der Waals surface area contributed by atoms with Gasteiger partial charge in [-0.1, -0.05) is 29.3 Å². The van der Waals surface area contributed by atoms with E-state index in [1.807, 2.05) is 0 Å². The van der Waals surface area contributed by atoms with Crippen molar-refractivity contribution in [3.05, 3.63) is 67.6 Å². The highest BCUT2D eigenvalue weighted by atomic mass is 35.5. The summed E-state index contributed by atoms with van der Waals surface area (Å²) in [6, 6.07) is 6.82. The van der Waals surface area contributed by atoms with Crippen molar-refractivity contribution in [2.75, 3.05) is 5.32 Å². The number of hydrogen-bond acceptors (Lipinski definition) is 5. The van der Waals surface area contributed by atoms with Crippen LogP contribution in [0.15, 0.2) is 30.5 Å². The van der Waals surface area contributed by atoms with Gasteiger partial charge in [-0.3, -0.25) is 19.6 Å². The van der Waals surface area contributed by atoms with Crippen molar-refractivity contribution in [3.63, 3.8) is 0 Å². The molecule has 1 amide bonds. The molecule has 0 radical (unpaired) electrons. The first-order valence-corrected chi connectivity index (χ1v) is 8.96. The zero-order valence-electron chi connectivity index (χ0n) is 15.0. The lowest BCUT2D eigenvalue weighted by Gasteiger charge is -2.11. The molecular formula is C17H16Cl2N6O3. The fraction of sp³-hybridized carbons (Fsp3) is 0.235. The number of benzene rings is 1. The lowest BCUT2D eigenvalue weighted by Crippen LogP contribution is -2.22. The highest BCUT2D eigenvalue weighted by Crippen LogP contribution is 2.26. The predicted octanol–water partition coefficient (Wildman–Crippen LogP) is 3.60. The third kappa shape index (κ3) is 4.00. The van der Waals surface area contributed by atoms with E-state index in [1.165, 1.54) is 17.8 Å². The maximum atomic E-state index is 12.4. The number of anilines is 1. The van der Waals surface area contributed by atoms with Crippen LogP contribution in [0.4, 0.5) is 11.5 Å². The second-order valence-electron chi connectivity index (χ2n) is 6.06. The minimum Gasteiger partial charge on any atom is -0.309 e. The lowest BCUT2D eigenvalue weighted by atomic mass is 10.2. The Balaban J connectivity index is 1.75. The Labute approximate surface area is 170 Å². The molecule has 1 N–H and O–H groups in total. The molecule has 0 atom stereocenters. The summed E-state index contributed by atoms with van der Waals surface area (Å²) < 4.78 is 2.85. The molecule has 1 aromatic carbocycles. The molecule has 0 aliphatic rings. The predicted molar refractivity (Wildman–Crippen MR) is 105 cm³/mol. The van der Waals surface area contributed by atoms with Crippen molar-refractivity contribution in [3.8, 4) is 0 Å². The zero-order valence-corrected chi connectivity index (χ0v) is 16.5. The molecule has 0 aliphatic carbocycles. The summed E-state index contributed by atoms with van der Waals surface area (Å²) in [5.74, 6) is 0.0459. The summed E-state index contributed by atoms with van der Waals surface area (Å²) in [7, 11) is 0. The molecule has 3 rings (SSSR count). The van der Waals surface area contributed by atoms with Crippen LogP contribution in [0, 0.1) is 24.0 Å². The second-order valence-corrected chi connectivity index (χ2v) is 6.87. The molecule has 0 saturated carbocycles. The van der Waals surface area contributed by atoms with Gasteiger partial charge in [0.25, 0.3) is 0 Å². The normalized spacial score (nSPS) is 10.9. The highest BCUT2D eigenvalue weighted by molar-refractivity contribution is 6.35. The molecule has 0 unspecified atom stereocenters. The van der Waals surface area contributed by atoms with Gasteiger partial charge in [0.15, 0.2) is 0 Å². The number of nitrogens with one attached hydrogen (secondary N) is 1. The van der Waals surface area contributed by atoms with Gasteiger partial charge in [0.05, 0.1) is 17.7 Å². The summed E-state index contributed by atoms with van der Waals surface area (Å²) >= 11 is 12.4. The van der Waals surface area contributed by atoms with Gasteiger partial charge in [0, 0.05) is 21.7 Å². The third-order valence-electron chi connectivity index (χ3n) is 4.17. The fourth-order valence-electron chi connectivity index (χ4n) is 2.82. The van der Waals surface area contributed by atoms with E-state index in [4.69, 9.17) is 23.2 Å². The minimum absolute atomic E-state index is 0.0915. The first-order chi connectivity index (χ1) is 13.3. The van der Waals surface area contributed by atoms with Crippen molar-refractivity contribution in [2.45, 2.75) is 26.9 Å².